The van der Waals surface area contributed by atoms with Crippen LogP contribution >= 0.6 is 15.9 Å². The van der Waals surface area contributed by atoms with Crippen LogP contribution in [0.5, 0.6) is 0 Å². The molecule has 2 rings (SSSR count). The summed E-state index contributed by atoms with van der Waals surface area (Å²) in [5, 5.41) is 15.1. The van der Waals surface area contributed by atoms with Gasteiger partial charge in [0, 0.05) is 27.9 Å². The standard InChI is InChI=1S/C10H11BrN2O2/c11-8-2-1-6-3-9(7(8)5-14)13-10(15)4-12-6/h1-2,12,14H,3-5H2,(H,13,15). The lowest BCUT2D eigenvalue weighted by Crippen LogP contribution is -2.29. The van der Waals surface area contributed by atoms with Crippen LogP contribution in [0.15, 0.2) is 33.6 Å². The SMILES string of the molecule is O=C1CNC2=CC=C(Br)C(CO)=C(C2)N1. The van der Waals surface area contributed by atoms with Crippen molar-refractivity contribution in [3.8, 4) is 0 Å². The average Bonchev–Trinajstić information content (AvgIpc) is 2.46. The summed E-state index contributed by atoms with van der Waals surface area (Å²) in [6.07, 6.45) is 4.40. The van der Waals surface area contributed by atoms with Crippen LogP contribution < -0.4 is 10.6 Å². The number of hydrogen-bond donors (Lipinski definition) is 3. The third-order valence-electron chi connectivity index (χ3n) is 2.38. The van der Waals surface area contributed by atoms with Crippen molar-refractivity contribution < 1.29 is 9.90 Å². The Balaban J connectivity index is 2.46. The van der Waals surface area contributed by atoms with E-state index in [1.807, 2.05) is 12.2 Å². The predicted molar refractivity (Wildman–Crippen MR) is 60.0 cm³/mol. The largest absolute Gasteiger partial charge is 0.392 e. The summed E-state index contributed by atoms with van der Waals surface area (Å²) in [4.78, 5) is 11.4. The number of hydrogen-bond acceptors (Lipinski definition) is 3. The highest BCUT2D eigenvalue weighted by Gasteiger charge is 2.19. The van der Waals surface area contributed by atoms with Gasteiger partial charge in [-0.3, -0.25) is 4.79 Å². The Morgan fingerprint density at radius 2 is 2.27 bits per heavy atom. The number of halogens is 1. The first-order valence-electron chi connectivity index (χ1n) is 4.64. The lowest BCUT2D eigenvalue weighted by molar-refractivity contribution is -0.119. The van der Waals surface area contributed by atoms with Gasteiger partial charge in [-0.25, -0.2) is 0 Å². The molecule has 4 nitrogen and oxygen atoms in total. The van der Waals surface area contributed by atoms with Crippen molar-refractivity contribution in [3.63, 3.8) is 0 Å². The molecule has 2 aliphatic rings. The van der Waals surface area contributed by atoms with Gasteiger partial charge in [0.25, 0.3) is 0 Å². The molecule has 0 aromatic carbocycles. The summed E-state index contributed by atoms with van der Waals surface area (Å²) in [5.41, 5.74) is 2.47. The summed E-state index contributed by atoms with van der Waals surface area (Å²) in [7, 11) is 0. The van der Waals surface area contributed by atoms with Crippen molar-refractivity contribution in [3.05, 3.63) is 33.6 Å². The van der Waals surface area contributed by atoms with Crippen molar-refractivity contribution >= 4 is 21.8 Å². The number of carbonyl (C=O) groups is 1. The molecule has 3 N–H and O–H groups in total. The molecule has 1 aliphatic carbocycles. The Morgan fingerprint density at radius 3 is 3.00 bits per heavy atom. The summed E-state index contributed by atoms with van der Waals surface area (Å²) in [5.74, 6) is -0.0819. The topological polar surface area (TPSA) is 61.4 Å². The van der Waals surface area contributed by atoms with Gasteiger partial charge in [-0.05, 0) is 12.2 Å². The van der Waals surface area contributed by atoms with Gasteiger partial charge in [-0.1, -0.05) is 15.9 Å². The molecule has 0 aromatic rings. The molecule has 0 saturated carbocycles. The Labute approximate surface area is 95.9 Å². The van der Waals surface area contributed by atoms with Crippen LogP contribution in [0.1, 0.15) is 6.42 Å². The first-order valence-corrected chi connectivity index (χ1v) is 5.43. The first kappa shape index (κ1) is 10.4. The van der Waals surface area contributed by atoms with Crippen molar-refractivity contribution in [1.29, 1.82) is 0 Å². The van der Waals surface area contributed by atoms with Gasteiger partial charge >= 0.3 is 0 Å². The number of rotatable bonds is 1. The fraction of sp³-hybridized carbons (Fsp3) is 0.300. The number of nitrogens with one attached hydrogen (secondary N) is 2. The van der Waals surface area contributed by atoms with E-state index in [2.05, 4.69) is 26.6 Å². The molecule has 1 heterocycles. The number of aliphatic hydroxyl groups is 1. The van der Waals surface area contributed by atoms with Gasteiger partial charge in [0.15, 0.2) is 0 Å². The molecular weight excluding hydrogens is 260 g/mol. The van der Waals surface area contributed by atoms with E-state index in [0.29, 0.717) is 6.42 Å². The molecule has 1 aliphatic heterocycles. The van der Waals surface area contributed by atoms with Crippen LogP contribution in [-0.4, -0.2) is 24.2 Å². The van der Waals surface area contributed by atoms with Crippen LogP contribution in [-0.2, 0) is 4.79 Å². The fourth-order valence-corrected chi connectivity index (χ4v) is 2.09. The molecule has 0 unspecified atom stereocenters. The molecule has 1 fully saturated rings. The van der Waals surface area contributed by atoms with Gasteiger partial charge in [-0.15, -0.1) is 0 Å². The Morgan fingerprint density at radius 1 is 1.47 bits per heavy atom. The minimum Gasteiger partial charge on any atom is -0.392 e. The van der Waals surface area contributed by atoms with Crippen LogP contribution in [0.25, 0.3) is 0 Å². The van der Waals surface area contributed by atoms with Crippen LogP contribution in [0.3, 0.4) is 0 Å². The molecule has 80 valence electrons. The molecule has 2 bridgehead atoms. The van der Waals surface area contributed by atoms with E-state index in [0.717, 1.165) is 21.4 Å². The number of aliphatic hydroxyl groups excluding tert-OH is 1. The zero-order valence-electron chi connectivity index (χ0n) is 8.01. The maximum Gasteiger partial charge on any atom is 0.243 e. The average molecular weight is 271 g/mol. The van der Waals surface area contributed by atoms with Crippen molar-refractivity contribution in [1.82, 2.24) is 10.6 Å². The van der Waals surface area contributed by atoms with E-state index in [4.69, 9.17) is 0 Å². The highest BCUT2D eigenvalue weighted by Crippen LogP contribution is 2.26. The third kappa shape index (κ3) is 2.13. The van der Waals surface area contributed by atoms with E-state index in [1.54, 1.807) is 0 Å². The fourth-order valence-electron chi connectivity index (χ4n) is 1.59. The Hall–Kier alpha value is -1.07. The van der Waals surface area contributed by atoms with Gasteiger partial charge < -0.3 is 15.7 Å². The van der Waals surface area contributed by atoms with Crippen molar-refractivity contribution in [2.24, 2.45) is 0 Å². The van der Waals surface area contributed by atoms with Gasteiger partial charge in [0.1, 0.15) is 0 Å². The Kier molecular flexibility index (Phi) is 2.93. The van der Waals surface area contributed by atoms with Crippen molar-refractivity contribution in [2.75, 3.05) is 13.2 Å². The lowest BCUT2D eigenvalue weighted by atomic mass is 10.1. The highest BCUT2D eigenvalue weighted by molar-refractivity contribution is 9.12. The molecule has 1 amide bonds. The maximum absolute atomic E-state index is 11.4. The second kappa shape index (κ2) is 4.20. The van der Waals surface area contributed by atoms with E-state index >= 15 is 0 Å². The molecule has 0 aromatic heterocycles. The van der Waals surface area contributed by atoms with E-state index in [-0.39, 0.29) is 19.1 Å². The van der Waals surface area contributed by atoms with Gasteiger partial charge in [0.2, 0.25) is 5.91 Å². The highest BCUT2D eigenvalue weighted by atomic mass is 79.9. The zero-order chi connectivity index (χ0) is 10.8. The predicted octanol–water partition coefficient (Wildman–Crippen LogP) is 0.519. The quantitative estimate of drug-likeness (QED) is 0.651. The van der Waals surface area contributed by atoms with E-state index in [9.17, 15) is 9.90 Å². The monoisotopic (exact) mass is 270 g/mol. The third-order valence-corrected chi connectivity index (χ3v) is 3.12. The second-order valence-electron chi connectivity index (χ2n) is 3.40. The molecule has 15 heavy (non-hydrogen) atoms. The minimum absolute atomic E-state index is 0.0819. The van der Waals surface area contributed by atoms with Gasteiger partial charge in [0.05, 0.1) is 13.2 Å². The van der Waals surface area contributed by atoms with E-state index in [1.165, 1.54) is 0 Å². The molecule has 1 saturated heterocycles. The number of amides is 1. The summed E-state index contributed by atoms with van der Waals surface area (Å²) in [6.45, 7) is 0.188. The molecule has 0 radical (unpaired) electrons. The summed E-state index contributed by atoms with van der Waals surface area (Å²) < 4.78 is 0.805. The number of fused-ring (bicyclic) bond motifs is 2. The van der Waals surface area contributed by atoms with Crippen molar-refractivity contribution in [2.45, 2.75) is 6.42 Å². The lowest BCUT2D eigenvalue weighted by Gasteiger charge is -2.10. The molecular formula is C10H11BrN2O2. The number of carbonyl (C=O) groups excluding carboxylic acids is 1. The van der Waals surface area contributed by atoms with E-state index < -0.39 is 0 Å². The normalized spacial score (nSPS) is 20.8. The molecule has 0 atom stereocenters. The molecule has 5 heteroatoms. The maximum atomic E-state index is 11.4. The summed E-state index contributed by atoms with van der Waals surface area (Å²) >= 11 is 3.37. The molecule has 0 spiro atoms. The number of allylic oxidation sites excluding steroid dienone is 2. The zero-order valence-corrected chi connectivity index (χ0v) is 9.60. The van der Waals surface area contributed by atoms with Crippen LogP contribution in [0.4, 0.5) is 0 Å². The van der Waals surface area contributed by atoms with Gasteiger partial charge in [-0.2, -0.15) is 0 Å². The smallest absolute Gasteiger partial charge is 0.243 e. The van der Waals surface area contributed by atoms with Crippen LogP contribution in [0.2, 0.25) is 0 Å². The summed E-state index contributed by atoms with van der Waals surface area (Å²) in [6, 6.07) is 0. The Bertz CT molecular complexity index is 396. The second-order valence-corrected chi connectivity index (χ2v) is 4.25. The van der Waals surface area contributed by atoms with Crippen LogP contribution in [0, 0.1) is 0 Å². The minimum atomic E-state index is -0.0895. The first-order chi connectivity index (χ1) is 7.20.